The van der Waals surface area contributed by atoms with Crippen LogP contribution in [0.2, 0.25) is 0 Å². The number of hydrogen-bond donors (Lipinski definition) is 1. The number of ether oxygens (including phenoxy) is 1. The lowest BCUT2D eigenvalue weighted by Crippen LogP contribution is -2.40. The van der Waals surface area contributed by atoms with Crippen LogP contribution in [0.1, 0.15) is 44.0 Å². The van der Waals surface area contributed by atoms with E-state index in [-0.39, 0.29) is 16.8 Å². The third kappa shape index (κ3) is 5.52. The van der Waals surface area contributed by atoms with E-state index >= 15 is 0 Å². The van der Waals surface area contributed by atoms with Crippen molar-refractivity contribution in [2.75, 3.05) is 26.3 Å². The number of morpholine rings is 1. The Morgan fingerprint density at radius 1 is 1.20 bits per heavy atom. The maximum absolute atomic E-state index is 12.7. The van der Waals surface area contributed by atoms with Crippen molar-refractivity contribution in [2.45, 2.75) is 44.6 Å². The van der Waals surface area contributed by atoms with Gasteiger partial charge in [0.1, 0.15) is 0 Å². The topological polar surface area (TPSA) is 75.7 Å². The molecule has 0 radical (unpaired) electrons. The second kappa shape index (κ2) is 8.78. The van der Waals surface area contributed by atoms with Crippen molar-refractivity contribution >= 4 is 15.9 Å². The molecule has 1 heterocycles. The summed E-state index contributed by atoms with van der Waals surface area (Å²) in [6.45, 7) is 7.73. The minimum atomic E-state index is -3.59. The molecule has 6 nitrogen and oxygen atoms in total. The SMILES string of the molecule is CC(C)CC[C@@H](C)NC(=O)c1cccc(S(=O)(=O)N2CCOCC2)c1. The molecule has 1 N–H and O–H groups in total. The summed E-state index contributed by atoms with van der Waals surface area (Å²) in [6, 6.07) is 6.29. The van der Waals surface area contributed by atoms with E-state index in [4.69, 9.17) is 4.74 Å². The van der Waals surface area contributed by atoms with E-state index in [2.05, 4.69) is 19.2 Å². The normalized spacial score (nSPS) is 17.4. The fourth-order valence-corrected chi connectivity index (χ4v) is 4.15. The molecule has 7 heteroatoms. The standard InChI is InChI=1S/C18H28N2O4S/c1-14(2)7-8-15(3)19-18(21)16-5-4-6-17(13-16)25(22,23)20-9-11-24-12-10-20/h4-6,13-15H,7-12H2,1-3H3,(H,19,21)/t15-/m1/s1. The summed E-state index contributed by atoms with van der Waals surface area (Å²) in [5.41, 5.74) is 0.366. The fourth-order valence-electron chi connectivity index (χ4n) is 2.70. The van der Waals surface area contributed by atoms with Gasteiger partial charge in [-0.3, -0.25) is 4.79 Å². The van der Waals surface area contributed by atoms with Crippen molar-refractivity contribution in [1.29, 1.82) is 0 Å². The van der Waals surface area contributed by atoms with Crippen molar-refractivity contribution in [3.8, 4) is 0 Å². The molecule has 0 saturated carbocycles. The molecular weight excluding hydrogens is 340 g/mol. The van der Waals surface area contributed by atoms with E-state index in [0.29, 0.717) is 37.8 Å². The third-order valence-corrected chi connectivity index (χ3v) is 6.15. The maximum atomic E-state index is 12.7. The van der Waals surface area contributed by atoms with E-state index in [1.54, 1.807) is 12.1 Å². The van der Waals surface area contributed by atoms with Gasteiger partial charge in [0.25, 0.3) is 5.91 Å². The molecule has 0 bridgehead atoms. The molecule has 0 aliphatic carbocycles. The molecule has 1 aliphatic heterocycles. The maximum Gasteiger partial charge on any atom is 0.251 e. The Labute approximate surface area is 150 Å². The van der Waals surface area contributed by atoms with Crippen molar-refractivity contribution in [3.63, 3.8) is 0 Å². The zero-order chi connectivity index (χ0) is 18.4. The highest BCUT2D eigenvalue weighted by Crippen LogP contribution is 2.18. The Kier molecular flexibility index (Phi) is 6.98. The highest BCUT2D eigenvalue weighted by molar-refractivity contribution is 7.89. The van der Waals surface area contributed by atoms with Gasteiger partial charge in [-0.05, 0) is 43.9 Å². The van der Waals surface area contributed by atoms with Crippen LogP contribution in [-0.4, -0.2) is 51.0 Å². The van der Waals surface area contributed by atoms with Gasteiger partial charge >= 0.3 is 0 Å². The molecule has 140 valence electrons. The van der Waals surface area contributed by atoms with Gasteiger partial charge in [-0.2, -0.15) is 4.31 Å². The Morgan fingerprint density at radius 3 is 2.52 bits per heavy atom. The molecule has 1 aromatic carbocycles. The van der Waals surface area contributed by atoms with Crippen LogP contribution in [0.4, 0.5) is 0 Å². The highest BCUT2D eigenvalue weighted by atomic mass is 32.2. The van der Waals surface area contributed by atoms with Crippen molar-refractivity contribution in [2.24, 2.45) is 5.92 Å². The van der Waals surface area contributed by atoms with Gasteiger partial charge in [0, 0.05) is 24.7 Å². The van der Waals surface area contributed by atoms with Gasteiger partial charge in [-0.1, -0.05) is 19.9 Å². The monoisotopic (exact) mass is 368 g/mol. The first-order valence-corrected chi connectivity index (χ1v) is 10.2. The van der Waals surface area contributed by atoms with Crippen LogP contribution in [0, 0.1) is 5.92 Å². The first kappa shape index (κ1) is 19.9. The largest absolute Gasteiger partial charge is 0.379 e. The minimum Gasteiger partial charge on any atom is -0.379 e. The minimum absolute atomic E-state index is 0.0504. The highest BCUT2D eigenvalue weighted by Gasteiger charge is 2.27. The summed E-state index contributed by atoms with van der Waals surface area (Å²) in [4.78, 5) is 12.6. The Bertz CT molecular complexity index is 682. The van der Waals surface area contributed by atoms with Crippen LogP contribution >= 0.6 is 0 Å². The molecule has 1 atom stereocenters. The first-order chi connectivity index (χ1) is 11.8. The van der Waals surface area contributed by atoms with E-state index in [0.717, 1.165) is 12.8 Å². The van der Waals surface area contributed by atoms with Gasteiger partial charge in [-0.15, -0.1) is 0 Å². The summed E-state index contributed by atoms with van der Waals surface area (Å²) in [5.74, 6) is 0.344. The number of amides is 1. The predicted octanol–water partition coefficient (Wildman–Crippen LogP) is 2.26. The zero-order valence-corrected chi connectivity index (χ0v) is 16.0. The Morgan fingerprint density at radius 2 is 1.88 bits per heavy atom. The number of nitrogens with zero attached hydrogens (tertiary/aromatic N) is 1. The summed E-state index contributed by atoms with van der Waals surface area (Å²) in [5, 5.41) is 2.94. The average Bonchev–Trinajstić information content (AvgIpc) is 2.61. The lowest BCUT2D eigenvalue weighted by molar-refractivity contribution is 0.0730. The van der Waals surface area contributed by atoms with Gasteiger partial charge < -0.3 is 10.1 Å². The first-order valence-electron chi connectivity index (χ1n) is 8.79. The number of carbonyl (C=O) groups excluding carboxylic acids is 1. The second-order valence-corrected chi connectivity index (χ2v) is 8.83. The summed E-state index contributed by atoms with van der Waals surface area (Å²) in [7, 11) is -3.59. The number of benzene rings is 1. The van der Waals surface area contributed by atoms with Gasteiger partial charge in [-0.25, -0.2) is 8.42 Å². The van der Waals surface area contributed by atoms with E-state index in [1.807, 2.05) is 6.92 Å². The summed E-state index contributed by atoms with van der Waals surface area (Å²) < 4.78 is 32.0. The number of nitrogens with one attached hydrogen (secondary N) is 1. The Hall–Kier alpha value is -1.44. The molecule has 1 aromatic rings. The van der Waals surface area contributed by atoms with Crippen LogP contribution in [-0.2, 0) is 14.8 Å². The second-order valence-electron chi connectivity index (χ2n) is 6.89. The van der Waals surface area contributed by atoms with Gasteiger partial charge in [0.15, 0.2) is 0 Å². The molecule has 0 unspecified atom stereocenters. The molecule has 1 aliphatic rings. The molecule has 0 spiro atoms. The van der Waals surface area contributed by atoms with Crippen LogP contribution in [0.15, 0.2) is 29.2 Å². The van der Waals surface area contributed by atoms with Crippen LogP contribution in [0.3, 0.4) is 0 Å². The van der Waals surface area contributed by atoms with E-state index in [1.165, 1.54) is 16.4 Å². The molecule has 25 heavy (non-hydrogen) atoms. The third-order valence-electron chi connectivity index (χ3n) is 4.26. The quantitative estimate of drug-likeness (QED) is 0.801. The molecular formula is C18H28N2O4S. The van der Waals surface area contributed by atoms with Gasteiger partial charge in [0.2, 0.25) is 10.0 Å². The smallest absolute Gasteiger partial charge is 0.251 e. The van der Waals surface area contributed by atoms with Crippen LogP contribution < -0.4 is 5.32 Å². The van der Waals surface area contributed by atoms with E-state index < -0.39 is 10.0 Å². The number of carbonyl (C=O) groups is 1. The summed E-state index contributed by atoms with van der Waals surface area (Å²) in [6.07, 6.45) is 1.93. The van der Waals surface area contributed by atoms with Crippen molar-refractivity contribution in [3.05, 3.63) is 29.8 Å². The lowest BCUT2D eigenvalue weighted by atomic mass is 10.0. The average molecular weight is 368 g/mol. The molecule has 1 amide bonds. The Balaban J connectivity index is 2.08. The number of sulfonamides is 1. The number of rotatable bonds is 7. The lowest BCUT2D eigenvalue weighted by Gasteiger charge is -2.26. The summed E-state index contributed by atoms with van der Waals surface area (Å²) >= 11 is 0. The molecule has 2 rings (SSSR count). The predicted molar refractivity (Wildman–Crippen MR) is 97.0 cm³/mol. The van der Waals surface area contributed by atoms with E-state index in [9.17, 15) is 13.2 Å². The molecule has 0 aromatic heterocycles. The van der Waals surface area contributed by atoms with Crippen molar-refractivity contribution < 1.29 is 17.9 Å². The van der Waals surface area contributed by atoms with Gasteiger partial charge in [0.05, 0.1) is 18.1 Å². The van der Waals surface area contributed by atoms with Crippen molar-refractivity contribution in [1.82, 2.24) is 9.62 Å². The fraction of sp³-hybridized carbons (Fsp3) is 0.611. The molecule has 1 fully saturated rings. The zero-order valence-electron chi connectivity index (χ0n) is 15.2. The van der Waals surface area contributed by atoms with Crippen LogP contribution in [0.5, 0.6) is 0 Å². The molecule has 1 saturated heterocycles. The number of hydrogen-bond acceptors (Lipinski definition) is 4. The van der Waals surface area contributed by atoms with Crippen LogP contribution in [0.25, 0.3) is 0 Å².